The number of esters is 1. The first kappa shape index (κ1) is 15.1. The first-order valence-electron chi connectivity index (χ1n) is 7.87. The molecule has 3 unspecified atom stereocenters. The molecule has 3 nitrogen and oxygen atoms in total. The summed E-state index contributed by atoms with van der Waals surface area (Å²) in [4.78, 5) is 12.7. The van der Waals surface area contributed by atoms with Crippen LogP contribution in [0.5, 0.6) is 0 Å². The van der Waals surface area contributed by atoms with Gasteiger partial charge < -0.3 is 0 Å². The van der Waals surface area contributed by atoms with Gasteiger partial charge in [0.25, 0.3) is 0 Å². The molecule has 4 heteroatoms. The van der Waals surface area contributed by atoms with Crippen LogP contribution < -0.4 is 4.46 Å². The third-order valence-electron chi connectivity index (χ3n) is 4.13. The Morgan fingerprint density at radius 1 is 1.10 bits per heavy atom. The van der Waals surface area contributed by atoms with E-state index in [9.17, 15) is 4.79 Å². The molecule has 3 atom stereocenters. The van der Waals surface area contributed by atoms with Crippen LogP contribution in [-0.4, -0.2) is 39.7 Å². The molecule has 21 heavy (non-hydrogen) atoms. The molecule has 1 aliphatic heterocycles. The second-order valence-electron chi connectivity index (χ2n) is 5.73. The summed E-state index contributed by atoms with van der Waals surface area (Å²) in [7, 11) is 0. The van der Waals surface area contributed by atoms with Crippen molar-refractivity contribution in [1.82, 2.24) is 0 Å². The summed E-state index contributed by atoms with van der Waals surface area (Å²) in [5, 5.41) is 0. The number of carbonyl (C=O) groups excluding carboxylic acids is 1. The number of hydrogen-bond donors (Lipinski definition) is 0. The van der Waals surface area contributed by atoms with Crippen molar-refractivity contribution in [1.29, 1.82) is 0 Å². The summed E-state index contributed by atoms with van der Waals surface area (Å²) in [6.45, 7) is 0.696. The third kappa shape index (κ3) is 4.09. The van der Waals surface area contributed by atoms with Gasteiger partial charge in [0.05, 0.1) is 0 Å². The van der Waals surface area contributed by atoms with E-state index >= 15 is 0 Å². The molecule has 0 aromatic heterocycles. The monoisotopic (exact) mass is 354 g/mol. The predicted octanol–water partition coefficient (Wildman–Crippen LogP) is 2.47. The molecule has 1 heterocycles. The summed E-state index contributed by atoms with van der Waals surface area (Å²) in [5.74, 6) is -0.131. The van der Waals surface area contributed by atoms with E-state index in [1.807, 2.05) is 0 Å². The molecule has 2 aliphatic rings. The van der Waals surface area contributed by atoms with Gasteiger partial charge in [-0.05, 0) is 0 Å². The van der Waals surface area contributed by atoms with E-state index in [2.05, 4.69) is 30.3 Å². The van der Waals surface area contributed by atoms with E-state index in [4.69, 9.17) is 9.47 Å². The second-order valence-corrected chi connectivity index (χ2v) is 8.48. The van der Waals surface area contributed by atoms with Crippen LogP contribution in [0.15, 0.2) is 30.3 Å². The van der Waals surface area contributed by atoms with Crippen molar-refractivity contribution in [3.63, 3.8) is 0 Å². The Morgan fingerprint density at radius 2 is 1.90 bits per heavy atom. The average Bonchev–Trinajstić information content (AvgIpc) is 3.05. The molecular formula is C17H22O3Se. The summed E-state index contributed by atoms with van der Waals surface area (Å²) >= 11 is 0.378. The van der Waals surface area contributed by atoms with Crippen LogP contribution >= 0.6 is 0 Å². The summed E-state index contributed by atoms with van der Waals surface area (Å²) < 4.78 is 12.7. The molecule has 114 valence electrons. The maximum absolute atomic E-state index is 12.2. The van der Waals surface area contributed by atoms with Crippen LogP contribution in [0.4, 0.5) is 0 Å². The molecule has 3 rings (SSSR count). The zero-order valence-electron chi connectivity index (χ0n) is 12.2. The maximum atomic E-state index is 12.2. The van der Waals surface area contributed by atoms with Crippen LogP contribution in [0.25, 0.3) is 0 Å². The zero-order valence-corrected chi connectivity index (χ0v) is 13.9. The van der Waals surface area contributed by atoms with Gasteiger partial charge in [0.2, 0.25) is 0 Å². The summed E-state index contributed by atoms with van der Waals surface area (Å²) in [6, 6.07) is 10.6. The molecule has 0 radical (unpaired) electrons. The van der Waals surface area contributed by atoms with Gasteiger partial charge in [-0.25, -0.2) is 0 Å². The number of rotatable bonds is 4. The molecule has 0 amide bonds. The van der Waals surface area contributed by atoms with E-state index in [0.29, 0.717) is 26.4 Å². The molecule has 0 spiro atoms. The van der Waals surface area contributed by atoms with Crippen molar-refractivity contribution in [2.45, 2.75) is 55.5 Å². The Balaban J connectivity index is 1.59. The Morgan fingerprint density at radius 3 is 2.67 bits per heavy atom. The van der Waals surface area contributed by atoms with E-state index < -0.39 is 0 Å². The molecule has 1 aromatic rings. The number of carbonyl (C=O) groups is 1. The molecule has 1 aromatic carbocycles. The predicted molar refractivity (Wildman–Crippen MR) is 82.9 cm³/mol. The van der Waals surface area contributed by atoms with Crippen molar-refractivity contribution in [2.24, 2.45) is 0 Å². The fourth-order valence-electron chi connectivity index (χ4n) is 2.99. The van der Waals surface area contributed by atoms with Crippen molar-refractivity contribution in [3.8, 4) is 0 Å². The number of hydrogen-bond acceptors (Lipinski definition) is 3. The second kappa shape index (κ2) is 7.44. The van der Waals surface area contributed by atoms with Gasteiger partial charge in [-0.3, -0.25) is 0 Å². The topological polar surface area (TPSA) is 35.5 Å². The minimum absolute atomic E-state index is 0.0932. The van der Waals surface area contributed by atoms with Crippen LogP contribution in [-0.2, 0) is 14.3 Å². The zero-order chi connectivity index (χ0) is 14.5. The minimum atomic E-state index is -0.309. The van der Waals surface area contributed by atoms with Gasteiger partial charge in [0.1, 0.15) is 0 Å². The Bertz CT molecular complexity index is 456. The van der Waals surface area contributed by atoms with Crippen LogP contribution in [0, 0.1) is 0 Å². The Hall–Kier alpha value is -0.831. The third-order valence-corrected chi connectivity index (χ3v) is 7.04. The normalized spacial score (nSPS) is 29.2. The average molecular weight is 353 g/mol. The van der Waals surface area contributed by atoms with Crippen LogP contribution in [0.3, 0.4) is 0 Å². The standard InChI is InChI=1S/C17H22O3Se/c18-17(15-10-6-12-19-15)20-14-9-4-5-11-16(14)21-13-7-2-1-3-8-13/h1-3,7-8,14-16H,4-6,9-12H2. The van der Waals surface area contributed by atoms with Gasteiger partial charge in [-0.15, -0.1) is 0 Å². The quantitative estimate of drug-likeness (QED) is 0.616. The van der Waals surface area contributed by atoms with Crippen molar-refractivity contribution in [2.75, 3.05) is 6.61 Å². The van der Waals surface area contributed by atoms with Gasteiger partial charge in [0, 0.05) is 0 Å². The molecule has 0 N–H and O–H groups in total. The van der Waals surface area contributed by atoms with Crippen LogP contribution in [0.1, 0.15) is 38.5 Å². The molecule has 1 saturated heterocycles. The van der Waals surface area contributed by atoms with Crippen LogP contribution in [0.2, 0.25) is 4.82 Å². The fraction of sp³-hybridized carbons (Fsp3) is 0.588. The first-order chi connectivity index (χ1) is 10.3. The van der Waals surface area contributed by atoms with E-state index in [-0.39, 0.29) is 18.2 Å². The fourth-order valence-corrected chi connectivity index (χ4v) is 5.71. The molecule has 1 aliphatic carbocycles. The molecule has 2 fully saturated rings. The summed E-state index contributed by atoms with van der Waals surface area (Å²) in [6.07, 6.45) is 6.20. The first-order valence-corrected chi connectivity index (χ1v) is 9.71. The number of benzene rings is 1. The SMILES string of the molecule is O=C(OC1CCCCC1[Se]c1ccccc1)C1CCCO1. The van der Waals surface area contributed by atoms with Crippen molar-refractivity contribution < 1.29 is 14.3 Å². The Kier molecular flexibility index (Phi) is 5.34. The summed E-state index contributed by atoms with van der Waals surface area (Å²) in [5.41, 5.74) is 0. The molecular weight excluding hydrogens is 331 g/mol. The van der Waals surface area contributed by atoms with Crippen molar-refractivity contribution >= 4 is 25.4 Å². The van der Waals surface area contributed by atoms with E-state index in [1.165, 1.54) is 23.7 Å². The van der Waals surface area contributed by atoms with E-state index in [0.717, 1.165) is 19.3 Å². The van der Waals surface area contributed by atoms with Gasteiger partial charge in [-0.1, -0.05) is 0 Å². The number of ether oxygens (including phenoxy) is 2. The Labute approximate surface area is 132 Å². The van der Waals surface area contributed by atoms with Gasteiger partial charge >= 0.3 is 132 Å². The van der Waals surface area contributed by atoms with Gasteiger partial charge in [0.15, 0.2) is 0 Å². The van der Waals surface area contributed by atoms with Crippen molar-refractivity contribution in [3.05, 3.63) is 30.3 Å². The van der Waals surface area contributed by atoms with Gasteiger partial charge in [-0.2, -0.15) is 0 Å². The molecule has 1 saturated carbocycles. The van der Waals surface area contributed by atoms with E-state index in [1.54, 1.807) is 0 Å². The molecule has 0 bridgehead atoms.